The van der Waals surface area contributed by atoms with Crippen molar-refractivity contribution in [3.8, 4) is 5.75 Å². The molecular weight excluding hydrogens is 238 g/mol. The Kier molecular flexibility index (Phi) is 5.23. The monoisotopic (exact) mass is 264 g/mol. The molecule has 0 atom stereocenters. The standard InChI is InChI=1S/C16H25NO2/c1-13-11-14(2)16(15(3)12-13)19-8-4-5-17-6-9-18-10-7-17/h11-12H,4-10H2,1-3H3/p+1. The number of hydrogen-bond acceptors (Lipinski definition) is 2. The Hall–Kier alpha value is -1.06. The number of ether oxygens (including phenoxy) is 2. The molecule has 1 aromatic rings. The van der Waals surface area contributed by atoms with E-state index in [4.69, 9.17) is 9.47 Å². The van der Waals surface area contributed by atoms with Crippen molar-refractivity contribution in [2.24, 2.45) is 0 Å². The number of morpholine rings is 1. The second-order valence-electron chi connectivity index (χ2n) is 5.54. The normalized spacial score (nSPS) is 16.6. The van der Waals surface area contributed by atoms with E-state index in [1.807, 2.05) is 0 Å². The summed E-state index contributed by atoms with van der Waals surface area (Å²) in [6, 6.07) is 4.38. The van der Waals surface area contributed by atoms with Gasteiger partial charge in [0.2, 0.25) is 0 Å². The third kappa shape index (κ3) is 4.22. The molecule has 3 nitrogen and oxygen atoms in total. The van der Waals surface area contributed by atoms with Crippen LogP contribution in [-0.4, -0.2) is 39.5 Å². The molecule has 1 heterocycles. The van der Waals surface area contributed by atoms with Crippen molar-refractivity contribution in [3.05, 3.63) is 28.8 Å². The molecule has 0 saturated carbocycles. The van der Waals surface area contributed by atoms with Crippen molar-refractivity contribution in [3.63, 3.8) is 0 Å². The summed E-state index contributed by atoms with van der Waals surface area (Å²) >= 11 is 0. The van der Waals surface area contributed by atoms with Crippen LogP contribution >= 0.6 is 0 Å². The van der Waals surface area contributed by atoms with Crippen LogP contribution < -0.4 is 9.64 Å². The number of nitrogens with one attached hydrogen (secondary N) is 1. The molecule has 1 fully saturated rings. The summed E-state index contributed by atoms with van der Waals surface area (Å²) in [7, 11) is 0. The number of hydrogen-bond donors (Lipinski definition) is 1. The topological polar surface area (TPSA) is 22.9 Å². The predicted octanol–water partition coefficient (Wildman–Crippen LogP) is 1.30. The Morgan fingerprint density at radius 2 is 1.74 bits per heavy atom. The first-order chi connectivity index (χ1) is 9.16. The van der Waals surface area contributed by atoms with Crippen LogP contribution in [0.1, 0.15) is 23.1 Å². The quantitative estimate of drug-likeness (QED) is 0.810. The number of benzene rings is 1. The van der Waals surface area contributed by atoms with Gasteiger partial charge in [0.15, 0.2) is 0 Å². The largest absolute Gasteiger partial charge is 0.493 e. The van der Waals surface area contributed by atoms with E-state index in [0.29, 0.717) is 0 Å². The van der Waals surface area contributed by atoms with Gasteiger partial charge < -0.3 is 14.4 Å². The van der Waals surface area contributed by atoms with E-state index >= 15 is 0 Å². The fourth-order valence-corrected chi connectivity index (χ4v) is 2.80. The highest BCUT2D eigenvalue weighted by molar-refractivity contribution is 5.42. The third-order valence-corrected chi connectivity index (χ3v) is 3.73. The van der Waals surface area contributed by atoms with Crippen LogP contribution in [0.2, 0.25) is 0 Å². The van der Waals surface area contributed by atoms with Crippen molar-refractivity contribution in [2.75, 3.05) is 39.5 Å². The molecule has 0 aromatic heterocycles. The van der Waals surface area contributed by atoms with Gasteiger partial charge in [0.05, 0.1) is 26.4 Å². The summed E-state index contributed by atoms with van der Waals surface area (Å²) < 4.78 is 11.3. The molecule has 106 valence electrons. The van der Waals surface area contributed by atoms with Crippen molar-refractivity contribution in [2.45, 2.75) is 27.2 Å². The maximum atomic E-state index is 5.97. The van der Waals surface area contributed by atoms with Gasteiger partial charge in [0.1, 0.15) is 18.8 Å². The molecule has 2 rings (SSSR count). The van der Waals surface area contributed by atoms with E-state index in [2.05, 4.69) is 32.9 Å². The predicted molar refractivity (Wildman–Crippen MR) is 77.1 cm³/mol. The highest BCUT2D eigenvalue weighted by Gasteiger charge is 2.13. The van der Waals surface area contributed by atoms with Gasteiger partial charge in [-0.1, -0.05) is 17.7 Å². The molecule has 3 heteroatoms. The van der Waals surface area contributed by atoms with Crippen LogP contribution in [0.4, 0.5) is 0 Å². The Morgan fingerprint density at radius 1 is 1.11 bits per heavy atom. The lowest BCUT2D eigenvalue weighted by Gasteiger charge is -2.23. The molecule has 19 heavy (non-hydrogen) atoms. The molecule has 0 spiro atoms. The summed E-state index contributed by atoms with van der Waals surface area (Å²) in [4.78, 5) is 1.65. The average Bonchev–Trinajstić information content (AvgIpc) is 2.38. The number of rotatable bonds is 5. The van der Waals surface area contributed by atoms with Gasteiger partial charge in [-0.15, -0.1) is 0 Å². The minimum Gasteiger partial charge on any atom is -0.493 e. The Balaban J connectivity index is 1.76. The van der Waals surface area contributed by atoms with Crippen LogP contribution in [0.5, 0.6) is 5.75 Å². The van der Waals surface area contributed by atoms with Gasteiger partial charge in [-0.3, -0.25) is 0 Å². The second kappa shape index (κ2) is 6.92. The van der Waals surface area contributed by atoms with Gasteiger partial charge in [-0.2, -0.15) is 0 Å². The Bertz CT molecular complexity index is 388. The van der Waals surface area contributed by atoms with Crippen molar-refractivity contribution in [1.82, 2.24) is 0 Å². The average molecular weight is 264 g/mol. The lowest BCUT2D eigenvalue weighted by Crippen LogP contribution is -3.14. The zero-order chi connectivity index (χ0) is 13.7. The van der Waals surface area contributed by atoms with Crippen LogP contribution in [0.3, 0.4) is 0 Å². The van der Waals surface area contributed by atoms with Gasteiger partial charge in [0, 0.05) is 6.42 Å². The minimum atomic E-state index is 0.815. The summed E-state index contributed by atoms with van der Waals surface area (Å²) in [5.41, 5.74) is 3.80. The van der Waals surface area contributed by atoms with Crippen LogP contribution in [0.25, 0.3) is 0 Å². The van der Waals surface area contributed by atoms with Gasteiger partial charge >= 0.3 is 0 Å². The molecule has 0 bridgehead atoms. The molecule has 1 saturated heterocycles. The highest BCUT2D eigenvalue weighted by atomic mass is 16.5. The summed E-state index contributed by atoms with van der Waals surface area (Å²) in [6.45, 7) is 12.5. The van der Waals surface area contributed by atoms with Gasteiger partial charge in [-0.05, 0) is 31.9 Å². The summed E-state index contributed by atoms with van der Waals surface area (Å²) in [5, 5.41) is 0. The zero-order valence-electron chi connectivity index (χ0n) is 12.4. The van der Waals surface area contributed by atoms with Crippen molar-refractivity contribution >= 4 is 0 Å². The lowest BCUT2D eigenvalue weighted by atomic mass is 10.1. The second-order valence-corrected chi connectivity index (χ2v) is 5.54. The van der Waals surface area contributed by atoms with Gasteiger partial charge in [0.25, 0.3) is 0 Å². The lowest BCUT2D eigenvalue weighted by molar-refractivity contribution is -0.908. The molecule has 0 radical (unpaired) electrons. The minimum absolute atomic E-state index is 0.815. The fraction of sp³-hybridized carbons (Fsp3) is 0.625. The van der Waals surface area contributed by atoms with Crippen molar-refractivity contribution < 1.29 is 14.4 Å². The first-order valence-corrected chi connectivity index (χ1v) is 7.29. The van der Waals surface area contributed by atoms with Crippen molar-refractivity contribution in [1.29, 1.82) is 0 Å². The molecule has 1 aromatic carbocycles. The zero-order valence-corrected chi connectivity index (χ0v) is 12.4. The van der Waals surface area contributed by atoms with E-state index in [1.165, 1.54) is 23.2 Å². The van der Waals surface area contributed by atoms with Crippen LogP contribution in [0, 0.1) is 20.8 Å². The van der Waals surface area contributed by atoms with E-state index in [0.717, 1.165) is 45.1 Å². The van der Waals surface area contributed by atoms with E-state index in [-0.39, 0.29) is 0 Å². The SMILES string of the molecule is Cc1cc(C)c(OCCC[NH+]2CCOCC2)c(C)c1. The Labute approximate surface area is 116 Å². The molecule has 0 amide bonds. The van der Waals surface area contributed by atoms with Gasteiger partial charge in [-0.25, -0.2) is 0 Å². The maximum Gasteiger partial charge on any atom is 0.125 e. The van der Waals surface area contributed by atoms with Crippen LogP contribution in [-0.2, 0) is 4.74 Å². The molecular formula is C16H26NO2+. The first-order valence-electron chi connectivity index (χ1n) is 7.29. The first kappa shape index (κ1) is 14.4. The molecule has 0 aliphatic carbocycles. The smallest absolute Gasteiger partial charge is 0.125 e. The van der Waals surface area contributed by atoms with E-state index in [1.54, 1.807) is 4.90 Å². The molecule has 1 aliphatic rings. The summed E-state index contributed by atoms with van der Waals surface area (Å²) in [5.74, 6) is 1.07. The number of aryl methyl sites for hydroxylation is 3. The van der Waals surface area contributed by atoms with E-state index in [9.17, 15) is 0 Å². The molecule has 1 aliphatic heterocycles. The molecule has 1 N–H and O–H groups in total. The number of quaternary nitrogens is 1. The highest BCUT2D eigenvalue weighted by Crippen LogP contribution is 2.24. The van der Waals surface area contributed by atoms with E-state index < -0.39 is 0 Å². The fourth-order valence-electron chi connectivity index (χ4n) is 2.80. The Morgan fingerprint density at radius 3 is 2.37 bits per heavy atom. The third-order valence-electron chi connectivity index (χ3n) is 3.73. The van der Waals surface area contributed by atoms with Crippen LogP contribution in [0.15, 0.2) is 12.1 Å². The summed E-state index contributed by atoms with van der Waals surface area (Å²) in [6.07, 6.45) is 1.11. The maximum absolute atomic E-state index is 5.97. The molecule has 0 unspecified atom stereocenters.